The zero-order valence-corrected chi connectivity index (χ0v) is 11.7. The summed E-state index contributed by atoms with van der Waals surface area (Å²) in [5.41, 5.74) is 0.505. The first-order chi connectivity index (χ1) is 10.5. The Kier molecular flexibility index (Phi) is 4.98. The summed E-state index contributed by atoms with van der Waals surface area (Å²) in [6, 6.07) is 14.5. The zero-order chi connectivity index (χ0) is 15.9. The van der Waals surface area contributed by atoms with Gasteiger partial charge in [0.2, 0.25) is 0 Å². The smallest absolute Gasteiger partial charge is 0.330 e. The molecule has 22 heavy (non-hydrogen) atoms. The molecule has 0 saturated carbocycles. The van der Waals surface area contributed by atoms with Crippen LogP contribution in [0.4, 0.5) is 5.69 Å². The van der Waals surface area contributed by atoms with Crippen LogP contribution < -0.4 is 9.64 Å². The molecular formula is C16H15NO5. The van der Waals surface area contributed by atoms with E-state index in [4.69, 9.17) is 9.84 Å². The van der Waals surface area contributed by atoms with E-state index in [2.05, 4.69) is 0 Å². The van der Waals surface area contributed by atoms with Crippen molar-refractivity contribution in [3.05, 3.63) is 54.6 Å². The molecule has 6 nitrogen and oxygen atoms in total. The van der Waals surface area contributed by atoms with Gasteiger partial charge in [0.15, 0.2) is 0 Å². The molecule has 0 aromatic heterocycles. The summed E-state index contributed by atoms with van der Waals surface area (Å²) in [7, 11) is 0. The average molecular weight is 301 g/mol. The zero-order valence-electron chi connectivity index (χ0n) is 11.7. The van der Waals surface area contributed by atoms with Gasteiger partial charge in [0.25, 0.3) is 0 Å². The van der Waals surface area contributed by atoms with E-state index in [1.807, 2.05) is 0 Å². The highest BCUT2D eigenvalue weighted by Crippen LogP contribution is 2.18. The Labute approximate surface area is 127 Å². The molecule has 2 aromatic carbocycles. The van der Waals surface area contributed by atoms with Crippen molar-refractivity contribution < 1.29 is 24.5 Å². The van der Waals surface area contributed by atoms with Gasteiger partial charge in [-0.05, 0) is 36.4 Å². The number of carboxylic acids is 1. The number of hydrogen-bond donors (Lipinski definition) is 2. The van der Waals surface area contributed by atoms with Crippen LogP contribution in [0.15, 0.2) is 54.6 Å². The van der Waals surface area contributed by atoms with E-state index < -0.39 is 11.9 Å². The summed E-state index contributed by atoms with van der Waals surface area (Å²) in [6.45, 7) is -0.569. The molecule has 0 atom stereocenters. The van der Waals surface area contributed by atoms with Crippen LogP contribution in [-0.2, 0) is 9.59 Å². The molecule has 0 aliphatic carbocycles. The summed E-state index contributed by atoms with van der Waals surface area (Å²) >= 11 is 0. The molecule has 0 spiro atoms. The summed E-state index contributed by atoms with van der Waals surface area (Å²) in [5.74, 6) is -1.18. The Balaban J connectivity index is 2.07. The number of rotatable bonds is 6. The summed E-state index contributed by atoms with van der Waals surface area (Å²) in [5, 5.41) is 18.2. The van der Waals surface area contributed by atoms with Gasteiger partial charge in [0.05, 0.1) is 0 Å². The fourth-order valence-electron chi connectivity index (χ4n) is 1.87. The number of aliphatic carboxylic acids is 1. The molecular weight excluding hydrogens is 286 g/mol. The molecule has 0 unspecified atom stereocenters. The van der Waals surface area contributed by atoms with E-state index in [-0.39, 0.29) is 18.8 Å². The average Bonchev–Trinajstić information content (AvgIpc) is 2.48. The molecule has 0 saturated heterocycles. The number of anilines is 1. The number of carbonyl (C=O) groups excluding carboxylic acids is 1. The Morgan fingerprint density at radius 2 is 1.59 bits per heavy atom. The van der Waals surface area contributed by atoms with Crippen molar-refractivity contribution in [3.63, 3.8) is 0 Å². The van der Waals surface area contributed by atoms with Crippen LogP contribution in [0.25, 0.3) is 0 Å². The third-order valence-electron chi connectivity index (χ3n) is 2.84. The van der Waals surface area contributed by atoms with Gasteiger partial charge in [0.1, 0.15) is 24.6 Å². The Hall–Kier alpha value is -3.02. The van der Waals surface area contributed by atoms with Crippen molar-refractivity contribution in [2.75, 3.05) is 18.0 Å². The van der Waals surface area contributed by atoms with E-state index in [1.54, 1.807) is 30.3 Å². The van der Waals surface area contributed by atoms with Gasteiger partial charge in [-0.15, -0.1) is 0 Å². The Morgan fingerprint density at radius 1 is 0.955 bits per heavy atom. The van der Waals surface area contributed by atoms with Gasteiger partial charge in [-0.25, -0.2) is 4.79 Å². The van der Waals surface area contributed by atoms with E-state index in [0.717, 1.165) is 0 Å². The van der Waals surface area contributed by atoms with Crippen LogP contribution in [0, 0.1) is 0 Å². The number of esters is 1. The molecule has 2 N–H and O–H groups in total. The lowest BCUT2D eigenvalue weighted by Crippen LogP contribution is -2.36. The van der Waals surface area contributed by atoms with Crippen LogP contribution in [-0.4, -0.2) is 35.2 Å². The molecule has 2 rings (SSSR count). The minimum absolute atomic E-state index is 0.0610. The highest BCUT2D eigenvalue weighted by atomic mass is 16.5. The normalized spacial score (nSPS) is 10.0. The number of ether oxygens (including phenoxy) is 1. The molecule has 0 aliphatic rings. The van der Waals surface area contributed by atoms with Gasteiger partial charge in [-0.2, -0.15) is 0 Å². The lowest BCUT2D eigenvalue weighted by Gasteiger charge is -2.21. The molecule has 0 amide bonds. The second-order valence-electron chi connectivity index (χ2n) is 4.55. The van der Waals surface area contributed by atoms with Crippen LogP contribution in [0.2, 0.25) is 0 Å². The maximum atomic E-state index is 11.9. The Morgan fingerprint density at radius 3 is 2.18 bits per heavy atom. The third-order valence-corrected chi connectivity index (χ3v) is 2.84. The first-order valence-electron chi connectivity index (χ1n) is 6.56. The van der Waals surface area contributed by atoms with Gasteiger partial charge < -0.3 is 19.8 Å². The third kappa shape index (κ3) is 4.52. The summed E-state index contributed by atoms with van der Waals surface area (Å²) in [6.07, 6.45) is 0. The molecule has 0 heterocycles. The fourth-order valence-corrected chi connectivity index (χ4v) is 1.87. The van der Waals surface area contributed by atoms with Gasteiger partial charge in [-0.3, -0.25) is 4.79 Å². The minimum atomic E-state index is -1.07. The quantitative estimate of drug-likeness (QED) is 0.626. The minimum Gasteiger partial charge on any atom is -0.508 e. The van der Waals surface area contributed by atoms with Gasteiger partial charge in [0, 0.05) is 5.69 Å². The number of phenolic OH excluding ortho intramolecular Hbond substituents is 1. The monoisotopic (exact) mass is 301 g/mol. The SMILES string of the molecule is O=C(O)CN(CC(=O)Oc1ccccc1)c1ccc(O)cc1. The highest BCUT2D eigenvalue weighted by molar-refractivity contribution is 5.81. The van der Waals surface area contributed by atoms with Crippen molar-refractivity contribution in [2.45, 2.75) is 0 Å². The highest BCUT2D eigenvalue weighted by Gasteiger charge is 2.16. The number of benzene rings is 2. The molecule has 0 radical (unpaired) electrons. The first kappa shape index (κ1) is 15.4. The van der Waals surface area contributed by atoms with Gasteiger partial charge in [-0.1, -0.05) is 18.2 Å². The van der Waals surface area contributed by atoms with Crippen LogP contribution in [0.5, 0.6) is 11.5 Å². The molecule has 2 aromatic rings. The largest absolute Gasteiger partial charge is 0.508 e. The Bertz CT molecular complexity index is 639. The second-order valence-corrected chi connectivity index (χ2v) is 4.55. The molecule has 6 heteroatoms. The first-order valence-corrected chi connectivity index (χ1v) is 6.56. The number of phenols is 1. The number of nitrogens with zero attached hydrogens (tertiary/aromatic N) is 1. The number of hydrogen-bond acceptors (Lipinski definition) is 5. The topological polar surface area (TPSA) is 87.1 Å². The van der Waals surface area contributed by atoms with Gasteiger partial charge >= 0.3 is 11.9 Å². The lowest BCUT2D eigenvalue weighted by atomic mass is 10.2. The predicted octanol–water partition coefficient (Wildman–Crippen LogP) is 1.89. The second kappa shape index (κ2) is 7.12. The molecule has 0 bridgehead atoms. The molecule has 0 aliphatic heterocycles. The number of para-hydroxylation sites is 1. The lowest BCUT2D eigenvalue weighted by molar-refractivity contribution is -0.135. The number of aromatic hydroxyl groups is 1. The van der Waals surface area contributed by atoms with E-state index in [0.29, 0.717) is 11.4 Å². The van der Waals surface area contributed by atoms with Crippen molar-refractivity contribution in [1.82, 2.24) is 0 Å². The molecule has 114 valence electrons. The van der Waals surface area contributed by atoms with Crippen molar-refractivity contribution in [2.24, 2.45) is 0 Å². The van der Waals surface area contributed by atoms with Crippen LogP contribution in [0.1, 0.15) is 0 Å². The number of carboxylic acid groups (broad SMARTS) is 1. The van der Waals surface area contributed by atoms with E-state index in [9.17, 15) is 14.7 Å². The fraction of sp³-hybridized carbons (Fsp3) is 0.125. The maximum absolute atomic E-state index is 11.9. The predicted molar refractivity (Wildman–Crippen MR) is 80.0 cm³/mol. The van der Waals surface area contributed by atoms with E-state index in [1.165, 1.54) is 29.2 Å². The number of carbonyl (C=O) groups is 2. The van der Waals surface area contributed by atoms with Crippen molar-refractivity contribution >= 4 is 17.6 Å². The van der Waals surface area contributed by atoms with E-state index >= 15 is 0 Å². The maximum Gasteiger partial charge on any atom is 0.330 e. The summed E-state index contributed by atoms with van der Waals surface area (Å²) < 4.78 is 5.15. The molecule has 0 fully saturated rings. The standard InChI is InChI=1S/C16H15NO5/c18-13-8-6-12(7-9-13)17(10-15(19)20)11-16(21)22-14-4-2-1-3-5-14/h1-9,18H,10-11H2,(H,19,20). The van der Waals surface area contributed by atoms with Crippen molar-refractivity contribution in [3.8, 4) is 11.5 Å². The summed E-state index contributed by atoms with van der Waals surface area (Å²) in [4.78, 5) is 24.2. The van der Waals surface area contributed by atoms with Crippen molar-refractivity contribution in [1.29, 1.82) is 0 Å². The van der Waals surface area contributed by atoms with Crippen LogP contribution >= 0.6 is 0 Å². The van der Waals surface area contributed by atoms with Crippen LogP contribution in [0.3, 0.4) is 0 Å².